The summed E-state index contributed by atoms with van der Waals surface area (Å²) < 4.78 is 0. The second-order valence-electron chi connectivity index (χ2n) is 0.912. The molecule has 0 aromatic carbocycles. The maximum Gasteiger partial charge on any atom is 0.110 e. The molecule has 0 aliphatic heterocycles. The van der Waals surface area contributed by atoms with Gasteiger partial charge in [-0.15, -0.1) is 11.6 Å². The minimum atomic E-state index is -0.421. The van der Waals surface area contributed by atoms with Crippen molar-refractivity contribution < 1.29 is 5.11 Å². The summed E-state index contributed by atoms with van der Waals surface area (Å²) in [6, 6.07) is 0. The number of aliphatic hydroxyl groups is 1. The van der Waals surface area contributed by atoms with E-state index in [1.807, 2.05) is 0 Å². The lowest BCUT2D eigenvalue weighted by molar-refractivity contribution is 0.267. The van der Waals surface area contributed by atoms with Gasteiger partial charge in [-0.2, -0.15) is 0 Å². The fourth-order valence-electron chi connectivity index (χ4n) is 0.0900. The van der Waals surface area contributed by atoms with Crippen LogP contribution >= 0.6 is 27.5 Å². The van der Waals surface area contributed by atoms with Crippen molar-refractivity contribution >= 4 is 27.5 Å². The molecule has 0 saturated heterocycles. The molecule has 0 aromatic heterocycles. The number of hydrogen-bond donors (Lipinski definition) is 1. The summed E-state index contributed by atoms with van der Waals surface area (Å²) in [6.07, 6.45) is 0.613. The SMILES string of the molecule is OC(Br)CCCl. The summed E-state index contributed by atoms with van der Waals surface area (Å²) in [7, 11) is 0. The lowest BCUT2D eigenvalue weighted by Gasteiger charge is -1.92. The Bertz CT molecular complexity index is 32.0. The first kappa shape index (κ1) is 6.73. The highest BCUT2D eigenvalue weighted by Crippen LogP contribution is 1.99. The Morgan fingerprint density at radius 2 is 2.33 bits per heavy atom. The van der Waals surface area contributed by atoms with E-state index in [0.717, 1.165) is 0 Å². The Balaban J connectivity index is 2.63. The first-order chi connectivity index (χ1) is 2.77. The smallest absolute Gasteiger partial charge is 0.110 e. The summed E-state index contributed by atoms with van der Waals surface area (Å²) in [4.78, 5) is 0. The van der Waals surface area contributed by atoms with Gasteiger partial charge in [0.15, 0.2) is 0 Å². The van der Waals surface area contributed by atoms with Crippen molar-refractivity contribution in [1.29, 1.82) is 0 Å². The van der Waals surface area contributed by atoms with E-state index in [9.17, 15) is 0 Å². The van der Waals surface area contributed by atoms with Gasteiger partial charge in [0, 0.05) is 5.88 Å². The molecule has 38 valence electrons. The van der Waals surface area contributed by atoms with E-state index in [2.05, 4.69) is 15.9 Å². The van der Waals surface area contributed by atoms with E-state index in [-0.39, 0.29) is 0 Å². The molecule has 0 radical (unpaired) electrons. The van der Waals surface area contributed by atoms with E-state index in [4.69, 9.17) is 16.7 Å². The zero-order valence-electron chi connectivity index (χ0n) is 3.19. The Morgan fingerprint density at radius 1 is 1.83 bits per heavy atom. The second kappa shape index (κ2) is 3.90. The van der Waals surface area contributed by atoms with Crippen LogP contribution in [0.15, 0.2) is 0 Å². The molecule has 1 atom stereocenters. The van der Waals surface area contributed by atoms with Crippen LogP contribution in [0.2, 0.25) is 0 Å². The van der Waals surface area contributed by atoms with Gasteiger partial charge in [0.25, 0.3) is 0 Å². The molecule has 0 amide bonds. The number of hydrogen-bond acceptors (Lipinski definition) is 1. The van der Waals surface area contributed by atoms with Crippen molar-refractivity contribution in [3.05, 3.63) is 0 Å². The van der Waals surface area contributed by atoms with Gasteiger partial charge in [-0.3, -0.25) is 0 Å². The lowest BCUT2D eigenvalue weighted by Crippen LogP contribution is -1.93. The minimum absolute atomic E-state index is 0.421. The van der Waals surface area contributed by atoms with E-state index in [1.54, 1.807) is 0 Å². The molecule has 0 rings (SSSR count). The fourth-order valence-corrected chi connectivity index (χ4v) is 0.789. The number of halogens is 2. The number of aliphatic hydroxyl groups excluding tert-OH is 1. The van der Waals surface area contributed by atoms with Crippen LogP contribution in [0.25, 0.3) is 0 Å². The fraction of sp³-hybridized carbons (Fsp3) is 1.00. The molecule has 0 spiro atoms. The third kappa shape index (κ3) is 4.73. The van der Waals surface area contributed by atoms with Crippen molar-refractivity contribution in [2.75, 3.05) is 5.88 Å². The van der Waals surface area contributed by atoms with Crippen molar-refractivity contribution in [2.45, 2.75) is 11.4 Å². The van der Waals surface area contributed by atoms with Gasteiger partial charge < -0.3 is 5.11 Å². The maximum absolute atomic E-state index is 8.38. The Morgan fingerprint density at radius 3 is 2.33 bits per heavy atom. The maximum atomic E-state index is 8.38. The zero-order chi connectivity index (χ0) is 4.99. The molecule has 0 aromatic rings. The normalized spacial score (nSPS) is 14.5. The molecule has 0 fully saturated rings. The monoisotopic (exact) mass is 172 g/mol. The predicted octanol–water partition coefficient (Wildman–Crippen LogP) is 1.33. The standard InChI is InChI=1S/C3H6BrClO/c4-3(6)1-2-5/h3,6H,1-2H2. The largest absolute Gasteiger partial charge is 0.382 e. The summed E-state index contributed by atoms with van der Waals surface area (Å²) in [6.45, 7) is 0. The molecule has 0 bridgehead atoms. The van der Waals surface area contributed by atoms with Crippen molar-refractivity contribution in [3.63, 3.8) is 0 Å². The Labute approximate surface area is 50.4 Å². The van der Waals surface area contributed by atoms with Crippen molar-refractivity contribution in [1.82, 2.24) is 0 Å². The molecular weight excluding hydrogens is 167 g/mol. The van der Waals surface area contributed by atoms with Gasteiger partial charge in [0.05, 0.1) is 0 Å². The van der Waals surface area contributed by atoms with Crippen LogP contribution in [-0.2, 0) is 0 Å². The molecule has 0 heterocycles. The van der Waals surface area contributed by atoms with Gasteiger partial charge >= 0.3 is 0 Å². The second-order valence-corrected chi connectivity index (χ2v) is 2.35. The predicted molar refractivity (Wildman–Crippen MR) is 30.3 cm³/mol. The van der Waals surface area contributed by atoms with E-state index in [1.165, 1.54) is 0 Å². The lowest BCUT2D eigenvalue weighted by atomic mass is 10.5. The average Bonchev–Trinajstić information content (AvgIpc) is 1.35. The van der Waals surface area contributed by atoms with Crippen LogP contribution in [0.3, 0.4) is 0 Å². The zero-order valence-corrected chi connectivity index (χ0v) is 5.54. The van der Waals surface area contributed by atoms with Crippen LogP contribution in [0.4, 0.5) is 0 Å². The number of alkyl halides is 2. The van der Waals surface area contributed by atoms with Crippen molar-refractivity contribution in [3.8, 4) is 0 Å². The first-order valence-corrected chi connectivity index (χ1v) is 3.10. The molecule has 1 N–H and O–H groups in total. The van der Waals surface area contributed by atoms with Crippen molar-refractivity contribution in [2.24, 2.45) is 0 Å². The Hall–Kier alpha value is 0.730. The molecular formula is C3H6BrClO. The molecule has 1 nitrogen and oxygen atoms in total. The summed E-state index contributed by atoms with van der Waals surface area (Å²) >= 11 is 8.11. The quantitative estimate of drug-likeness (QED) is 0.625. The molecule has 3 heteroatoms. The molecule has 0 aliphatic rings. The highest BCUT2D eigenvalue weighted by atomic mass is 79.9. The third-order valence-electron chi connectivity index (χ3n) is 0.347. The molecule has 1 unspecified atom stereocenters. The summed E-state index contributed by atoms with van der Waals surface area (Å²) in [5.41, 5.74) is 0. The van der Waals surface area contributed by atoms with E-state index in [0.29, 0.717) is 12.3 Å². The summed E-state index contributed by atoms with van der Waals surface area (Å²) in [5.74, 6) is 0.506. The average molecular weight is 173 g/mol. The van der Waals surface area contributed by atoms with Crippen LogP contribution in [0.1, 0.15) is 6.42 Å². The van der Waals surface area contributed by atoms with E-state index < -0.39 is 5.01 Å². The highest BCUT2D eigenvalue weighted by Gasteiger charge is 1.90. The molecule has 0 aliphatic carbocycles. The topological polar surface area (TPSA) is 20.2 Å². The van der Waals surface area contributed by atoms with Gasteiger partial charge in [-0.25, -0.2) is 0 Å². The van der Waals surface area contributed by atoms with Gasteiger partial charge in [-0.1, -0.05) is 15.9 Å². The van der Waals surface area contributed by atoms with Crippen LogP contribution in [-0.4, -0.2) is 16.0 Å². The summed E-state index contributed by atoms with van der Waals surface area (Å²) in [5, 5.41) is 7.96. The number of rotatable bonds is 2. The molecule has 6 heavy (non-hydrogen) atoms. The van der Waals surface area contributed by atoms with Crippen LogP contribution < -0.4 is 0 Å². The molecule has 0 saturated carbocycles. The van der Waals surface area contributed by atoms with Gasteiger partial charge in [0.1, 0.15) is 5.01 Å². The Kier molecular flexibility index (Phi) is 4.38. The minimum Gasteiger partial charge on any atom is -0.382 e. The van der Waals surface area contributed by atoms with Crippen LogP contribution in [0, 0.1) is 0 Å². The van der Waals surface area contributed by atoms with E-state index >= 15 is 0 Å². The van der Waals surface area contributed by atoms with Crippen LogP contribution in [0.5, 0.6) is 0 Å². The van der Waals surface area contributed by atoms with Gasteiger partial charge in [-0.05, 0) is 6.42 Å². The van der Waals surface area contributed by atoms with Gasteiger partial charge in [0.2, 0.25) is 0 Å². The third-order valence-corrected chi connectivity index (χ3v) is 1.02. The highest BCUT2D eigenvalue weighted by molar-refractivity contribution is 9.09. The first-order valence-electron chi connectivity index (χ1n) is 1.65.